The summed E-state index contributed by atoms with van der Waals surface area (Å²) in [5.74, 6) is 5.32. The van der Waals surface area contributed by atoms with Crippen molar-refractivity contribution in [2.24, 2.45) is 5.84 Å². The van der Waals surface area contributed by atoms with Crippen molar-refractivity contribution in [3.05, 3.63) is 33.4 Å². The summed E-state index contributed by atoms with van der Waals surface area (Å²) in [7, 11) is 0. The van der Waals surface area contributed by atoms with Crippen LogP contribution >= 0.6 is 11.3 Å². The maximum absolute atomic E-state index is 12.9. The molecule has 2 aromatic rings. The Morgan fingerprint density at radius 3 is 2.50 bits per heavy atom. The van der Waals surface area contributed by atoms with Crippen LogP contribution in [0.25, 0.3) is 10.2 Å². The molecule has 2 N–H and O–H groups in total. The number of piperazine rings is 1. The van der Waals surface area contributed by atoms with Crippen molar-refractivity contribution in [3.63, 3.8) is 0 Å². The Morgan fingerprint density at radius 1 is 1.21 bits per heavy atom. The van der Waals surface area contributed by atoms with Gasteiger partial charge < -0.3 is 4.90 Å². The number of benzene rings is 1. The standard InChI is InChI=1S/C14H15F3N4O2S/c15-14(16,17)9-1-2-11-10(7-9)21(13(23)24-11)8-12(22)19-3-5-20(18)6-4-19/h1-2,7H,3-6,8,18H2. The highest BCUT2D eigenvalue weighted by atomic mass is 32.1. The molecule has 0 atom stereocenters. The monoisotopic (exact) mass is 360 g/mol. The van der Waals surface area contributed by atoms with E-state index in [-0.39, 0.29) is 18.0 Å². The summed E-state index contributed by atoms with van der Waals surface area (Å²) in [6.07, 6.45) is -4.50. The van der Waals surface area contributed by atoms with Crippen LogP contribution in [0.1, 0.15) is 5.56 Å². The van der Waals surface area contributed by atoms with E-state index in [0.717, 1.165) is 28.0 Å². The molecule has 1 fully saturated rings. The summed E-state index contributed by atoms with van der Waals surface area (Å²) < 4.78 is 40.1. The van der Waals surface area contributed by atoms with Gasteiger partial charge >= 0.3 is 11.0 Å². The van der Waals surface area contributed by atoms with Crippen molar-refractivity contribution in [1.29, 1.82) is 0 Å². The smallest absolute Gasteiger partial charge is 0.338 e. The number of hydrogen-bond donors (Lipinski definition) is 1. The van der Waals surface area contributed by atoms with Crippen LogP contribution in [0.3, 0.4) is 0 Å². The fraction of sp³-hybridized carbons (Fsp3) is 0.429. The first kappa shape index (κ1) is 16.9. The van der Waals surface area contributed by atoms with Crippen LogP contribution in [0.2, 0.25) is 0 Å². The van der Waals surface area contributed by atoms with Crippen LogP contribution in [0.15, 0.2) is 23.0 Å². The van der Waals surface area contributed by atoms with E-state index >= 15 is 0 Å². The number of nitrogens with two attached hydrogens (primary N) is 1. The topological polar surface area (TPSA) is 71.6 Å². The first-order chi connectivity index (χ1) is 11.3. The Labute approximate surface area is 138 Å². The number of halogens is 3. The van der Waals surface area contributed by atoms with Gasteiger partial charge in [-0.3, -0.25) is 20.0 Å². The Hall–Kier alpha value is -1.91. The normalized spacial score (nSPS) is 16.8. The molecule has 1 aliphatic rings. The van der Waals surface area contributed by atoms with Gasteiger partial charge in [-0.2, -0.15) is 13.2 Å². The highest BCUT2D eigenvalue weighted by Crippen LogP contribution is 2.32. The minimum absolute atomic E-state index is 0.130. The van der Waals surface area contributed by atoms with Crippen molar-refractivity contribution in [2.75, 3.05) is 26.2 Å². The second kappa shape index (κ2) is 6.19. The van der Waals surface area contributed by atoms with E-state index in [9.17, 15) is 22.8 Å². The second-order valence-corrected chi connectivity index (χ2v) is 6.54. The molecule has 6 nitrogen and oxygen atoms in total. The van der Waals surface area contributed by atoms with Crippen LogP contribution in [-0.2, 0) is 17.5 Å². The molecule has 0 unspecified atom stereocenters. The molecule has 1 aliphatic heterocycles. The highest BCUT2D eigenvalue weighted by Gasteiger charge is 2.31. The van der Waals surface area contributed by atoms with E-state index in [2.05, 4.69) is 0 Å². The van der Waals surface area contributed by atoms with Crippen molar-refractivity contribution in [3.8, 4) is 0 Å². The number of nitrogens with zero attached hydrogens (tertiary/aromatic N) is 3. The lowest BCUT2D eigenvalue weighted by Crippen LogP contribution is -2.52. The molecular formula is C14H15F3N4O2S. The fourth-order valence-electron chi connectivity index (χ4n) is 2.59. The first-order valence-corrected chi connectivity index (χ1v) is 8.05. The summed E-state index contributed by atoms with van der Waals surface area (Å²) in [6.45, 7) is 1.62. The van der Waals surface area contributed by atoms with Gasteiger partial charge in [-0.25, -0.2) is 5.01 Å². The number of amides is 1. The van der Waals surface area contributed by atoms with E-state index in [1.165, 1.54) is 6.07 Å². The Kier molecular flexibility index (Phi) is 4.37. The van der Waals surface area contributed by atoms with Crippen LogP contribution in [0, 0.1) is 0 Å². The van der Waals surface area contributed by atoms with Crippen LogP contribution in [0.5, 0.6) is 0 Å². The molecular weight excluding hydrogens is 345 g/mol. The summed E-state index contributed by atoms with van der Waals surface area (Å²) in [6, 6.07) is 3.11. The molecule has 0 spiro atoms. The van der Waals surface area contributed by atoms with Crippen LogP contribution in [-0.4, -0.2) is 46.6 Å². The van der Waals surface area contributed by atoms with Crippen molar-refractivity contribution in [2.45, 2.75) is 12.7 Å². The number of carbonyl (C=O) groups is 1. The van der Waals surface area contributed by atoms with Crippen molar-refractivity contribution in [1.82, 2.24) is 14.5 Å². The molecule has 1 aromatic heterocycles. The van der Waals surface area contributed by atoms with Gasteiger partial charge in [0.1, 0.15) is 6.54 Å². The number of hydrazine groups is 1. The Bertz CT molecular complexity index is 822. The van der Waals surface area contributed by atoms with E-state index in [4.69, 9.17) is 5.84 Å². The molecule has 0 radical (unpaired) electrons. The van der Waals surface area contributed by atoms with Gasteiger partial charge in [0.15, 0.2) is 0 Å². The van der Waals surface area contributed by atoms with E-state index in [1.807, 2.05) is 0 Å². The number of carbonyl (C=O) groups excluding carboxylic acids is 1. The Morgan fingerprint density at radius 2 is 1.88 bits per heavy atom. The minimum Gasteiger partial charge on any atom is -0.338 e. The van der Waals surface area contributed by atoms with Crippen LogP contribution < -0.4 is 10.7 Å². The Balaban J connectivity index is 1.89. The number of aromatic nitrogens is 1. The third kappa shape index (κ3) is 3.30. The molecule has 1 amide bonds. The van der Waals surface area contributed by atoms with E-state index in [0.29, 0.717) is 30.9 Å². The zero-order valence-corrected chi connectivity index (χ0v) is 13.4. The summed E-state index contributed by atoms with van der Waals surface area (Å²) >= 11 is 0.828. The fourth-order valence-corrected chi connectivity index (χ4v) is 3.47. The summed E-state index contributed by atoms with van der Waals surface area (Å²) in [5.41, 5.74) is -0.712. The number of fused-ring (bicyclic) bond motifs is 1. The SMILES string of the molecule is NN1CCN(C(=O)Cn2c(=O)sc3ccc(C(F)(F)F)cc32)CC1. The molecule has 3 rings (SSSR count). The quantitative estimate of drug-likeness (QED) is 0.814. The van der Waals surface area contributed by atoms with Crippen LogP contribution in [0.4, 0.5) is 13.2 Å². The molecule has 2 heterocycles. The second-order valence-electron chi connectivity index (χ2n) is 5.55. The lowest BCUT2D eigenvalue weighted by atomic mass is 10.2. The lowest BCUT2D eigenvalue weighted by molar-refractivity contribution is -0.137. The molecule has 0 saturated carbocycles. The number of hydrogen-bond acceptors (Lipinski definition) is 5. The predicted octanol–water partition coefficient (Wildman–Crippen LogP) is 1.10. The van der Waals surface area contributed by atoms with Gasteiger partial charge in [0.25, 0.3) is 0 Å². The largest absolute Gasteiger partial charge is 0.416 e. The summed E-state index contributed by atoms with van der Waals surface area (Å²) in [4.78, 5) is 25.5. The number of alkyl halides is 3. The minimum atomic E-state index is -4.50. The summed E-state index contributed by atoms with van der Waals surface area (Å²) in [5, 5.41) is 1.59. The van der Waals surface area contributed by atoms with Gasteiger partial charge in [-0.1, -0.05) is 11.3 Å². The number of rotatable bonds is 2. The third-order valence-electron chi connectivity index (χ3n) is 3.96. The molecule has 0 aliphatic carbocycles. The number of thiazole rings is 1. The molecule has 24 heavy (non-hydrogen) atoms. The van der Waals surface area contributed by atoms with Gasteiger partial charge in [-0.15, -0.1) is 0 Å². The average Bonchev–Trinajstić information content (AvgIpc) is 2.82. The average molecular weight is 360 g/mol. The lowest BCUT2D eigenvalue weighted by Gasteiger charge is -2.32. The van der Waals surface area contributed by atoms with Crippen molar-refractivity contribution >= 4 is 27.5 Å². The van der Waals surface area contributed by atoms with Gasteiger partial charge in [0.05, 0.1) is 15.8 Å². The molecule has 1 aromatic carbocycles. The van der Waals surface area contributed by atoms with Gasteiger partial charge in [0, 0.05) is 26.2 Å². The highest BCUT2D eigenvalue weighted by molar-refractivity contribution is 7.16. The van der Waals surface area contributed by atoms with E-state index < -0.39 is 16.6 Å². The maximum Gasteiger partial charge on any atom is 0.416 e. The van der Waals surface area contributed by atoms with Gasteiger partial charge in [-0.05, 0) is 18.2 Å². The molecule has 0 bridgehead atoms. The molecule has 10 heteroatoms. The predicted molar refractivity (Wildman–Crippen MR) is 83.4 cm³/mol. The molecule has 1 saturated heterocycles. The van der Waals surface area contributed by atoms with E-state index in [1.54, 1.807) is 9.91 Å². The maximum atomic E-state index is 12.9. The van der Waals surface area contributed by atoms with Gasteiger partial charge in [0.2, 0.25) is 5.91 Å². The molecule has 130 valence electrons. The zero-order valence-electron chi connectivity index (χ0n) is 12.5. The zero-order chi connectivity index (χ0) is 17.5. The first-order valence-electron chi connectivity index (χ1n) is 7.24. The third-order valence-corrected chi connectivity index (χ3v) is 4.92. The van der Waals surface area contributed by atoms with Crippen molar-refractivity contribution < 1.29 is 18.0 Å².